The van der Waals surface area contributed by atoms with Crippen LogP contribution in [0.4, 0.5) is 0 Å². The van der Waals surface area contributed by atoms with Crippen molar-refractivity contribution in [1.82, 2.24) is 5.32 Å². The molecule has 8 unspecified atom stereocenters. The molecule has 8 atom stereocenters. The van der Waals surface area contributed by atoms with Gasteiger partial charge in [-0.05, 0) is 103 Å². The number of amides is 1. The van der Waals surface area contributed by atoms with Crippen molar-refractivity contribution in [3.05, 3.63) is 97.2 Å². The summed E-state index contributed by atoms with van der Waals surface area (Å²) in [4.78, 5) is 26.7. The van der Waals surface area contributed by atoms with Crippen molar-refractivity contribution in [2.45, 2.75) is 384 Å². The predicted molar refractivity (Wildman–Crippen MR) is 384 cm³/mol. The predicted octanol–water partition coefficient (Wildman–Crippen LogP) is 20.2. The Morgan fingerprint density at radius 3 is 1.20 bits per heavy atom. The Bertz CT molecular complexity index is 1860. The molecule has 0 aliphatic carbocycles. The quantitative estimate of drug-likeness (QED) is 0.0195. The van der Waals surface area contributed by atoms with Gasteiger partial charge in [0, 0.05) is 6.42 Å². The van der Waals surface area contributed by atoms with Gasteiger partial charge >= 0.3 is 5.97 Å². The van der Waals surface area contributed by atoms with Gasteiger partial charge < -0.3 is 45.1 Å². The molecule has 11 nitrogen and oxygen atoms in total. The highest BCUT2D eigenvalue weighted by Crippen LogP contribution is 2.26. The Morgan fingerprint density at radius 2 is 0.791 bits per heavy atom. The Labute approximate surface area is 558 Å². The van der Waals surface area contributed by atoms with E-state index in [1.54, 1.807) is 6.08 Å². The lowest BCUT2D eigenvalue weighted by Crippen LogP contribution is -2.61. The number of carbonyl (C=O) groups excluding carboxylic acids is 2. The maximum Gasteiger partial charge on any atom is 0.306 e. The zero-order valence-corrected chi connectivity index (χ0v) is 58.7. The van der Waals surface area contributed by atoms with Gasteiger partial charge in [0.25, 0.3) is 0 Å². The molecule has 0 radical (unpaired) electrons. The normalized spacial score (nSPS) is 18.5. The summed E-state index contributed by atoms with van der Waals surface area (Å²) in [5, 5.41) is 57.3. The van der Waals surface area contributed by atoms with Crippen LogP contribution in [-0.4, -0.2) is 99.6 Å². The molecule has 91 heavy (non-hydrogen) atoms. The van der Waals surface area contributed by atoms with Crippen LogP contribution in [0.25, 0.3) is 0 Å². The molecule has 1 rings (SSSR count). The highest BCUT2D eigenvalue weighted by molar-refractivity contribution is 5.80. The van der Waals surface area contributed by atoms with E-state index in [-0.39, 0.29) is 19.4 Å². The van der Waals surface area contributed by atoms with Gasteiger partial charge in [-0.15, -0.1) is 0 Å². The lowest BCUT2D eigenvalue weighted by atomic mass is 9.99. The first-order valence-electron chi connectivity index (χ1n) is 38.0. The average molecular weight is 1280 g/mol. The van der Waals surface area contributed by atoms with E-state index in [4.69, 9.17) is 14.2 Å². The van der Waals surface area contributed by atoms with E-state index in [2.05, 4.69) is 111 Å². The molecular weight excluding hydrogens is 1130 g/mol. The van der Waals surface area contributed by atoms with Gasteiger partial charge in [0.2, 0.25) is 5.91 Å². The summed E-state index contributed by atoms with van der Waals surface area (Å²) in [5.41, 5.74) is 0. The molecule has 0 aromatic rings. The van der Waals surface area contributed by atoms with E-state index in [1.165, 1.54) is 173 Å². The zero-order chi connectivity index (χ0) is 66.0. The van der Waals surface area contributed by atoms with E-state index in [0.717, 1.165) is 116 Å². The van der Waals surface area contributed by atoms with Gasteiger partial charge in [0.1, 0.15) is 24.4 Å². The first-order chi connectivity index (χ1) is 44.7. The molecule has 0 aromatic heterocycles. The molecular formula is C80H141NO10. The van der Waals surface area contributed by atoms with Crippen LogP contribution in [0.3, 0.4) is 0 Å². The largest absolute Gasteiger partial charge is 0.454 e. The molecule has 11 heteroatoms. The summed E-state index contributed by atoms with van der Waals surface area (Å²) < 4.78 is 17.7. The third-order valence-corrected chi connectivity index (χ3v) is 17.5. The smallest absolute Gasteiger partial charge is 0.306 e. The van der Waals surface area contributed by atoms with Gasteiger partial charge in [-0.3, -0.25) is 9.59 Å². The van der Waals surface area contributed by atoms with Crippen molar-refractivity contribution in [2.24, 2.45) is 0 Å². The van der Waals surface area contributed by atoms with Gasteiger partial charge in [-0.2, -0.15) is 0 Å². The van der Waals surface area contributed by atoms with Crippen LogP contribution in [0.2, 0.25) is 0 Å². The second-order valence-corrected chi connectivity index (χ2v) is 26.0. The molecule has 0 saturated carbocycles. The molecule has 1 amide bonds. The lowest BCUT2D eigenvalue weighted by Gasteiger charge is -2.41. The molecule has 1 fully saturated rings. The highest BCUT2D eigenvalue weighted by atomic mass is 16.7. The van der Waals surface area contributed by atoms with Gasteiger partial charge in [0.15, 0.2) is 12.4 Å². The number of aliphatic hydroxyl groups is 5. The van der Waals surface area contributed by atoms with Crippen LogP contribution in [0.5, 0.6) is 0 Å². The van der Waals surface area contributed by atoms with Crippen LogP contribution < -0.4 is 5.32 Å². The topological polar surface area (TPSA) is 175 Å². The Morgan fingerprint density at radius 1 is 0.440 bits per heavy atom. The summed E-state index contributed by atoms with van der Waals surface area (Å²) in [5.74, 6) is -1.20. The molecule has 1 aliphatic heterocycles. The van der Waals surface area contributed by atoms with Crippen molar-refractivity contribution >= 4 is 11.9 Å². The van der Waals surface area contributed by atoms with Gasteiger partial charge in [-0.25, -0.2) is 0 Å². The number of unbranched alkanes of at least 4 members (excludes halogenated alkanes) is 37. The second-order valence-electron chi connectivity index (χ2n) is 26.0. The number of ether oxygens (including phenoxy) is 3. The van der Waals surface area contributed by atoms with Crippen LogP contribution in [-0.2, 0) is 23.8 Å². The minimum absolute atomic E-state index is 0.103. The van der Waals surface area contributed by atoms with Crippen LogP contribution >= 0.6 is 0 Å². The maximum atomic E-state index is 13.5. The first-order valence-corrected chi connectivity index (χ1v) is 38.0. The molecule has 526 valence electrons. The fraction of sp³-hybridized carbons (Fsp3) is 0.775. The molecule has 0 bridgehead atoms. The van der Waals surface area contributed by atoms with E-state index in [9.17, 15) is 35.1 Å². The average Bonchev–Trinajstić information content (AvgIpc) is 1.13. The fourth-order valence-electron chi connectivity index (χ4n) is 11.5. The summed E-state index contributed by atoms with van der Waals surface area (Å²) in [7, 11) is 0. The van der Waals surface area contributed by atoms with Gasteiger partial charge in [0.05, 0.1) is 25.4 Å². The third-order valence-electron chi connectivity index (χ3n) is 17.5. The van der Waals surface area contributed by atoms with Crippen LogP contribution in [0, 0.1) is 0 Å². The van der Waals surface area contributed by atoms with Crippen LogP contribution in [0.1, 0.15) is 335 Å². The fourth-order valence-corrected chi connectivity index (χ4v) is 11.5. The van der Waals surface area contributed by atoms with Crippen molar-refractivity contribution < 1.29 is 49.3 Å². The minimum Gasteiger partial charge on any atom is -0.454 e. The number of allylic oxidation sites excluding steroid dienone is 15. The SMILES string of the molecule is CC/C=C\C/C=C\C/C=C\C/C=C\C/C=C\C/C=C\CCCCCCCCC(=O)OC1C(OCC(NC(=O)C(O)CCCCCCCCCCCCCCCCCC/C=C/CCCCCCCC)C(O)/C=C/CCCCCCCCCCC)OC(CO)C(O)C1O. The number of nitrogens with one attached hydrogen (secondary N) is 1. The number of esters is 1. The Kier molecular flexibility index (Phi) is 62.6. The molecule has 0 aromatic carbocycles. The summed E-state index contributed by atoms with van der Waals surface area (Å²) in [6.07, 6.45) is 80.3. The summed E-state index contributed by atoms with van der Waals surface area (Å²) >= 11 is 0. The van der Waals surface area contributed by atoms with Crippen molar-refractivity contribution in [3.8, 4) is 0 Å². The molecule has 6 N–H and O–H groups in total. The van der Waals surface area contributed by atoms with Crippen LogP contribution in [0.15, 0.2) is 97.2 Å². The number of carbonyl (C=O) groups is 2. The van der Waals surface area contributed by atoms with Gasteiger partial charge in [-0.1, -0.05) is 323 Å². The van der Waals surface area contributed by atoms with Crippen molar-refractivity contribution in [2.75, 3.05) is 13.2 Å². The maximum absolute atomic E-state index is 13.5. The summed E-state index contributed by atoms with van der Waals surface area (Å²) in [6.45, 7) is 5.70. The van der Waals surface area contributed by atoms with E-state index in [0.29, 0.717) is 12.8 Å². The second kappa shape index (κ2) is 66.6. The monoisotopic (exact) mass is 1280 g/mol. The Hall–Kier alpha value is -3.42. The molecule has 1 aliphatic rings. The first kappa shape index (κ1) is 85.6. The van der Waals surface area contributed by atoms with Crippen molar-refractivity contribution in [1.29, 1.82) is 0 Å². The third kappa shape index (κ3) is 53.5. The number of aliphatic hydroxyl groups excluding tert-OH is 5. The van der Waals surface area contributed by atoms with E-state index >= 15 is 0 Å². The molecule has 1 heterocycles. The number of hydrogen-bond acceptors (Lipinski definition) is 10. The standard InChI is InChI=1S/C80H141NO10/c1-4-7-10-13-16-19-22-24-26-28-30-32-34-36-38-39-41-43-45-47-49-52-55-58-61-64-67-73(84)79(88)81-71(72(83)66-63-60-57-54-51-21-18-15-12-9-6-3)70-89-80-78(77(87)76(86)74(69-82)90-80)91-75(85)68-65-62-59-56-53-50-48-46-44-42-40-37-35-33-31-29-27-25-23-20-17-14-11-8-5-2/h8,11,17,20,24-27,31,33,37,40,44,46,63,66,71-74,76-78,80,82-84,86-87H,4-7,9-10,12-16,18-19,21-23,28-30,32,34-36,38-39,41-43,45,47-62,64-65,67-70H2,1-3H3,(H,81,88)/b11-8-,20-17-,26-24+,27-25-,33-31-,40-37-,46-44-,66-63+. The Balaban J connectivity index is 2.52. The highest BCUT2D eigenvalue weighted by Gasteiger charge is 2.47. The number of hydrogen-bond donors (Lipinski definition) is 6. The lowest BCUT2D eigenvalue weighted by molar-refractivity contribution is -0.305. The zero-order valence-electron chi connectivity index (χ0n) is 58.7. The molecule has 0 spiro atoms. The summed E-state index contributed by atoms with van der Waals surface area (Å²) in [6, 6.07) is -1.03. The minimum atomic E-state index is -1.63. The van der Waals surface area contributed by atoms with E-state index < -0.39 is 67.4 Å². The van der Waals surface area contributed by atoms with E-state index in [1.807, 2.05) is 6.08 Å². The molecule has 1 saturated heterocycles. The number of rotatable bonds is 65. The van der Waals surface area contributed by atoms with Crippen molar-refractivity contribution in [3.63, 3.8) is 0 Å².